The lowest BCUT2D eigenvalue weighted by atomic mass is 10.1. The third-order valence-corrected chi connectivity index (χ3v) is 9.91. The molecule has 0 saturated carbocycles. The van der Waals surface area contributed by atoms with Gasteiger partial charge in [-0.3, -0.25) is 19.3 Å². The van der Waals surface area contributed by atoms with Gasteiger partial charge in [-0.05, 0) is 67.9 Å². The van der Waals surface area contributed by atoms with Crippen LogP contribution in [0.15, 0.2) is 47.1 Å². The molecule has 0 aliphatic carbocycles. The Kier molecular flexibility index (Phi) is 11.0. The Morgan fingerprint density at radius 1 is 0.977 bits per heavy atom. The molecule has 238 valence electrons. The number of ether oxygens (including phenoxy) is 1. The summed E-state index contributed by atoms with van der Waals surface area (Å²) in [4.78, 5) is 47.3. The second kappa shape index (κ2) is 15.1. The highest BCUT2D eigenvalue weighted by atomic mass is 32.2. The van der Waals surface area contributed by atoms with Gasteiger partial charge in [0.25, 0.3) is 11.8 Å². The molecule has 0 bridgehead atoms. The average Bonchev–Trinajstić information content (AvgIpc) is 3.69. The number of carbonyl (C=O) groups is 3. The molecule has 2 aromatic rings. The summed E-state index contributed by atoms with van der Waals surface area (Å²) in [6, 6.07) is 11.7. The number of thioether (sulfide) groups is 1. The van der Waals surface area contributed by atoms with E-state index in [0.29, 0.717) is 49.9 Å². The quantitative estimate of drug-likeness (QED) is 0.305. The van der Waals surface area contributed by atoms with Crippen molar-refractivity contribution in [1.82, 2.24) is 24.9 Å². The van der Waals surface area contributed by atoms with Crippen LogP contribution < -0.4 is 16.4 Å². The van der Waals surface area contributed by atoms with Crippen molar-refractivity contribution in [3.8, 4) is 0 Å². The highest BCUT2D eigenvalue weighted by molar-refractivity contribution is 8.04. The molecule has 0 spiro atoms. The second-order valence-corrected chi connectivity index (χ2v) is 12.7. The Morgan fingerprint density at radius 2 is 1.68 bits per heavy atom. The summed E-state index contributed by atoms with van der Waals surface area (Å²) in [5, 5.41) is 8.55. The van der Waals surface area contributed by atoms with Crippen LogP contribution in [0.4, 0.5) is 5.69 Å². The minimum absolute atomic E-state index is 0.0543. The van der Waals surface area contributed by atoms with Gasteiger partial charge in [0.2, 0.25) is 5.91 Å². The van der Waals surface area contributed by atoms with Gasteiger partial charge in [-0.15, -0.1) is 0 Å². The Bertz CT molecular complexity index is 1370. The molecule has 0 unspecified atom stereocenters. The van der Waals surface area contributed by atoms with Crippen LogP contribution in [-0.4, -0.2) is 128 Å². The molecule has 3 heterocycles. The summed E-state index contributed by atoms with van der Waals surface area (Å²) < 4.78 is 5.16. The molecule has 3 aliphatic rings. The molecule has 12 heteroatoms. The fourth-order valence-corrected chi connectivity index (χ4v) is 7.18. The van der Waals surface area contributed by atoms with Crippen LogP contribution in [-0.2, 0) is 14.3 Å². The van der Waals surface area contributed by atoms with E-state index >= 15 is 0 Å². The fraction of sp³-hybridized carbons (Fsp3) is 0.531. The van der Waals surface area contributed by atoms with Crippen LogP contribution in [0, 0.1) is 0 Å². The van der Waals surface area contributed by atoms with Crippen molar-refractivity contribution in [2.45, 2.75) is 25.0 Å². The molecular formula is C32H45N7O4S. The maximum Gasteiger partial charge on any atom is 0.272 e. The Hall–Kier alpha value is -3.32. The molecular weight excluding hydrogens is 578 g/mol. The van der Waals surface area contributed by atoms with E-state index in [1.807, 2.05) is 43.3 Å². The van der Waals surface area contributed by atoms with Crippen LogP contribution in [0.1, 0.15) is 30.1 Å². The Balaban J connectivity index is 1.16. The number of nitrogens with one attached hydrogen (secondary N) is 2. The normalized spacial score (nSPS) is 20.9. The molecule has 3 fully saturated rings. The van der Waals surface area contributed by atoms with E-state index in [4.69, 9.17) is 10.5 Å². The molecule has 2 aromatic carbocycles. The molecule has 3 amide bonds. The zero-order valence-corrected chi connectivity index (χ0v) is 26.7. The number of hydrogen-bond acceptors (Lipinski definition) is 9. The van der Waals surface area contributed by atoms with Crippen LogP contribution in [0.3, 0.4) is 0 Å². The number of anilines is 1. The Labute approximate surface area is 264 Å². The number of amides is 3. The van der Waals surface area contributed by atoms with Gasteiger partial charge in [0, 0.05) is 77.3 Å². The van der Waals surface area contributed by atoms with Gasteiger partial charge in [-0.1, -0.05) is 23.9 Å². The van der Waals surface area contributed by atoms with Crippen LogP contribution in [0.5, 0.6) is 0 Å². The third-order valence-electron chi connectivity index (χ3n) is 8.59. The van der Waals surface area contributed by atoms with Crippen molar-refractivity contribution in [2.75, 3.05) is 91.0 Å². The summed E-state index contributed by atoms with van der Waals surface area (Å²) in [5.41, 5.74) is 8.07. The van der Waals surface area contributed by atoms with Crippen molar-refractivity contribution in [3.63, 3.8) is 0 Å². The number of fused-ring (bicyclic) bond motifs is 1. The number of hydrogen-bond donors (Lipinski definition) is 3. The van der Waals surface area contributed by atoms with Gasteiger partial charge in [0.1, 0.15) is 16.0 Å². The number of methoxy groups -OCH3 is 1. The van der Waals surface area contributed by atoms with Crippen LogP contribution in [0.2, 0.25) is 0 Å². The molecule has 1 atom stereocenters. The second-order valence-electron chi connectivity index (χ2n) is 11.5. The first-order chi connectivity index (χ1) is 21.4. The number of nitrogens with zero attached hydrogens (tertiary/aromatic N) is 4. The number of benzene rings is 2. The molecule has 3 aliphatic heterocycles. The van der Waals surface area contributed by atoms with Gasteiger partial charge >= 0.3 is 0 Å². The van der Waals surface area contributed by atoms with Crippen molar-refractivity contribution in [1.29, 1.82) is 0 Å². The van der Waals surface area contributed by atoms with Gasteiger partial charge in [-0.25, -0.2) is 0 Å². The predicted octanol–water partition coefficient (Wildman–Crippen LogP) is 1.96. The lowest BCUT2D eigenvalue weighted by Gasteiger charge is -2.34. The standard InChI is InChI=1S/C32H45N7O4S/c1-3-39-30(41)27(44-32(39)28(33)31(42)38-16-14-37(15-17-38)18-19-43-2)22-35-26-9-8-23-20-25(7-6-24(23)21-26)29(40)34-10-13-36-11-4-5-12-36/h6-9,20-21,27,35H,3-5,10-19,22,33H2,1-2H3,(H,34,40)/b32-28+/t27-/m1/s1. The first kappa shape index (κ1) is 32.1. The number of rotatable bonds is 12. The van der Waals surface area contributed by atoms with Crippen LogP contribution >= 0.6 is 11.8 Å². The van der Waals surface area contributed by atoms with E-state index in [1.54, 1.807) is 16.9 Å². The number of carbonyl (C=O) groups excluding carboxylic acids is 3. The van der Waals surface area contributed by atoms with E-state index in [-0.39, 0.29) is 23.4 Å². The van der Waals surface area contributed by atoms with Gasteiger partial charge in [0.15, 0.2) is 0 Å². The van der Waals surface area contributed by atoms with E-state index in [1.165, 1.54) is 24.6 Å². The third kappa shape index (κ3) is 7.66. The average molecular weight is 624 g/mol. The molecule has 4 N–H and O–H groups in total. The lowest BCUT2D eigenvalue weighted by Crippen LogP contribution is -2.50. The van der Waals surface area contributed by atoms with E-state index in [0.717, 1.165) is 55.7 Å². The topological polar surface area (TPSA) is 123 Å². The predicted molar refractivity (Wildman–Crippen MR) is 175 cm³/mol. The molecule has 5 rings (SSSR count). The molecule has 0 aromatic heterocycles. The van der Waals surface area contributed by atoms with Crippen molar-refractivity contribution in [2.24, 2.45) is 5.73 Å². The lowest BCUT2D eigenvalue weighted by molar-refractivity contribution is -0.129. The largest absolute Gasteiger partial charge is 0.392 e. The summed E-state index contributed by atoms with van der Waals surface area (Å²) in [5.74, 6) is -0.328. The SMILES string of the molecule is CCN1C(=O)[C@@H](CNc2ccc3cc(C(=O)NCCN4CCCC4)ccc3c2)S/C1=C(/N)C(=O)N1CCN(CCOC)CC1. The van der Waals surface area contributed by atoms with E-state index < -0.39 is 5.25 Å². The highest BCUT2D eigenvalue weighted by Gasteiger charge is 2.39. The smallest absolute Gasteiger partial charge is 0.272 e. The highest BCUT2D eigenvalue weighted by Crippen LogP contribution is 2.37. The monoisotopic (exact) mass is 623 g/mol. The molecule has 44 heavy (non-hydrogen) atoms. The van der Waals surface area contributed by atoms with Gasteiger partial charge in [0.05, 0.1) is 6.61 Å². The first-order valence-corrected chi connectivity index (χ1v) is 16.5. The first-order valence-electron chi connectivity index (χ1n) is 15.6. The Morgan fingerprint density at radius 3 is 2.41 bits per heavy atom. The molecule has 11 nitrogen and oxygen atoms in total. The zero-order valence-electron chi connectivity index (χ0n) is 25.8. The zero-order chi connectivity index (χ0) is 31.1. The fourth-order valence-electron chi connectivity index (χ4n) is 5.96. The van der Waals surface area contributed by atoms with Crippen molar-refractivity contribution >= 4 is 45.9 Å². The van der Waals surface area contributed by atoms with Crippen LogP contribution in [0.25, 0.3) is 10.8 Å². The number of piperazine rings is 1. The maximum absolute atomic E-state index is 13.3. The number of nitrogens with two attached hydrogens (primary N) is 1. The summed E-state index contributed by atoms with van der Waals surface area (Å²) in [6.07, 6.45) is 2.48. The van der Waals surface area contributed by atoms with Crippen molar-refractivity contribution in [3.05, 3.63) is 52.7 Å². The van der Waals surface area contributed by atoms with Gasteiger partial charge < -0.3 is 35.8 Å². The maximum atomic E-state index is 13.3. The van der Waals surface area contributed by atoms with E-state index in [9.17, 15) is 14.4 Å². The summed E-state index contributed by atoms with van der Waals surface area (Å²) in [7, 11) is 1.69. The minimum Gasteiger partial charge on any atom is -0.392 e. The minimum atomic E-state index is -0.399. The molecule has 3 saturated heterocycles. The molecule has 0 radical (unpaired) electrons. The van der Waals surface area contributed by atoms with Crippen molar-refractivity contribution < 1.29 is 19.1 Å². The number of likely N-dealkylation sites (tertiary alicyclic amines) is 1. The summed E-state index contributed by atoms with van der Waals surface area (Å²) >= 11 is 1.35. The summed E-state index contributed by atoms with van der Waals surface area (Å²) in [6.45, 7) is 10.7. The van der Waals surface area contributed by atoms with E-state index in [2.05, 4.69) is 20.4 Å². The van der Waals surface area contributed by atoms with Gasteiger partial charge in [-0.2, -0.15) is 0 Å².